The van der Waals surface area contributed by atoms with E-state index in [0.29, 0.717) is 11.1 Å². The molecule has 0 aliphatic rings. The minimum atomic E-state index is -0.394. The van der Waals surface area contributed by atoms with Gasteiger partial charge in [-0.15, -0.1) is 0 Å². The van der Waals surface area contributed by atoms with Gasteiger partial charge in [0.15, 0.2) is 0 Å². The molecule has 0 saturated heterocycles. The zero-order chi connectivity index (χ0) is 13.0. The summed E-state index contributed by atoms with van der Waals surface area (Å²) in [5.41, 5.74) is 1.35. The second-order valence-corrected chi connectivity index (χ2v) is 3.93. The molecule has 0 aliphatic carbocycles. The van der Waals surface area contributed by atoms with E-state index < -0.39 is 5.82 Å². The van der Waals surface area contributed by atoms with Crippen molar-refractivity contribution in [1.29, 1.82) is 5.26 Å². The molecule has 0 amide bonds. The van der Waals surface area contributed by atoms with Crippen LogP contribution in [0, 0.1) is 17.1 Å². The average molecular weight is 259 g/mol. The minimum Gasteiger partial charge on any atom is -0.264 e. The number of halogens is 2. The van der Waals surface area contributed by atoms with Crippen LogP contribution in [0.1, 0.15) is 11.1 Å². The van der Waals surface area contributed by atoms with Crippen molar-refractivity contribution in [1.82, 2.24) is 4.98 Å². The molecule has 1 heterocycles. The van der Waals surface area contributed by atoms with Gasteiger partial charge in [-0.2, -0.15) is 5.26 Å². The fourth-order valence-corrected chi connectivity index (χ4v) is 1.79. The van der Waals surface area contributed by atoms with Gasteiger partial charge in [-0.25, -0.2) is 4.39 Å². The Morgan fingerprint density at radius 2 is 2.00 bits per heavy atom. The molecule has 0 unspecified atom stereocenters. The summed E-state index contributed by atoms with van der Waals surface area (Å²) in [6, 6.07) is 11.3. The predicted octanol–water partition coefficient (Wildman–Crippen LogP) is 3.85. The van der Waals surface area contributed by atoms with Gasteiger partial charge in [0.2, 0.25) is 0 Å². The molecule has 2 rings (SSSR count). The average Bonchev–Trinajstić information content (AvgIpc) is 2.41. The molecule has 18 heavy (non-hydrogen) atoms. The van der Waals surface area contributed by atoms with Crippen LogP contribution in [-0.4, -0.2) is 4.98 Å². The molecule has 0 atom stereocenters. The van der Waals surface area contributed by atoms with Crippen molar-refractivity contribution >= 4 is 22.2 Å². The fraction of sp³-hybridized carbons (Fsp3) is 0. The van der Waals surface area contributed by atoms with E-state index in [1.807, 2.05) is 6.07 Å². The van der Waals surface area contributed by atoms with Crippen LogP contribution in [0.2, 0.25) is 0 Å². The maximum Gasteiger partial charge on any atom is 0.123 e. The molecule has 1 aromatic heterocycles. The van der Waals surface area contributed by atoms with Crippen LogP contribution in [0.4, 0.5) is 4.39 Å². The summed E-state index contributed by atoms with van der Waals surface area (Å²) in [5, 5.41) is 9.38. The third-order valence-electron chi connectivity index (χ3n) is 2.36. The van der Waals surface area contributed by atoms with E-state index in [2.05, 4.69) is 4.98 Å². The van der Waals surface area contributed by atoms with Crippen LogP contribution in [0.5, 0.6) is 0 Å². The van der Waals surface area contributed by atoms with E-state index in [0.717, 1.165) is 0 Å². The number of aromatic nitrogens is 1. The van der Waals surface area contributed by atoms with Gasteiger partial charge in [0.1, 0.15) is 11.9 Å². The Bertz CT molecular complexity index is 630. The summed E-state index contributed by atoms with van der Waals surface area (Å²) in [6.45, 7) is 0. The first-order valence-corrected chi connectivity index (χ1v) is 5.56. The SMILES string of the molecule is N#C/C(=C(\Cl)c1cccc(F)c1)c1cccnc1. The number of allylic oxidation sites excluding steroid dienone is 1. The van der Waals surface area contributed by atoms with Crippen LogP contribution < -0.4 is 0 Å². The van der Waals surface area contributed by atoms with Gasteiger partial charge in [0.25, 0.3) is 0 Å². The van der Waals surface area contributed by atoms with E-state index in [9.17, 15) is 4.39 Å². The second kappa shape index (κ2) is 5.44. The first-order valence-electron chi connectivity index (χ1n) is 5.18. The summed E-state index contributed by atoms with van der Waals surface area (Å²) < 4.78 is 13.1. The Labute approximate surface area is 109 Å². The molecular formula is C14H8ClFN2. The Morgan fingerprint density at radius 1 is 1.22 bits per heavy atom. The van der Waals surface area contributed by atoms with E-state index >= 15 is 0 Å². The number of rotatable bonds is 2. The van der Waals surface area contributed by atoms with Crippen LogP contribution >= 0.6 is 11.6 Å². The highest BCUT2D eigenvalue weighted by molar-refractivity contribution is 6.53. The molecule has 88 valence electrons. The van der Waals surface area contributed by atoms with E-state index in [4.69, 9.17) is 16.9 Å². The molecule has 0 radical (unpaired) electrons. The van der Waals surface area contributed by atoms with Gasteiger partial charge in [0, 0.05) is 18.0 Å². The highest BCUT2D eigenvalue weighted by Crippen LogP contribution is 2.29. The van der Waals surface area contributed by atoms with Crippen molar-refractivity contribution in [2.45, 2.75) is 0 Å². The van der Waals surface area contributed by atoms with E-state index in [1.165, 1.54) is 12.1 Å². The molecule has 0 spiro atoms. The number of pyridine rings is 1. The molecule has 0 saturated carbocycles. The molecule has 4 heteroatoms. The van der Waals surface area contributed by atoms with Crippen molar-refractivity contribution in [2.75, 3.05) is 0 Å². The second-order valence-electron chi connectivity index (χ2n) is 3.55. The Morgan fingerprint density at radius 3 is 2.61 bits per heavy atom. The topological polar surface area (TPSA) is 36.7 Å². The van der Waals surface area contributed by atoms with Crippen molar-refractivity contribution < 1.29 is 4.39 Å². The number of hydrogen-bond acceptors (Lipinski definition) is 2. The van der Waals surface area contributed by atoms with Crippen LogP contribution in [0.3, 0.4) is 0 Å². The Balaban J connectivity index is 2.55. The first-order chi connectivity index (χ1) is 8.72. The molecule has 2 nitrogen and oxygen atoms in total. The van der Waals surface area contributed by atoms with Crippen LogP contribution in [0.25, 0.3) is 10.6 Å². The van der Waals surface area contributed by atoms with E-state index in [1.54, 1.807) is 36.7 Å². The molecule has 0 bridgehead atoms. The van der Waals surface area contributed by atoms with Gasteiger partial charge in [-0.1, -0.05) is 29.8 Å². The van der Waals surface area contributed by atoms with Crippen molar-refractivity contribution in [3.63, 3.8) is 0 Å². The lowest BCUT2D eigenvalue weighted by Gasteiger charge is -2.04. The lowest BCUT2D eigenvalue weighted by atomic mass is 10.1. The van der Waals surface area contributed by atoms with Gasteiger partial charge in [0.05, 0.1) is 10.6 Å². The van der Waals surface area contributed by atoms with Crippen LogP contribution in [0.15, 0.2) is 48.8 Å². The maximum absolute atomic E-state index is 13.1. The number of nitriles is 1. The van der Waals surface area contributed by atoms with Gasteiger partial charge >= 0.3 is 0 Å². The minimum absolute atomic E-state index is 0.213. The van der Waals surface area contributed by atoms with Crippen LogP contribution in [-0.2, 0) is 0 Å². The third-order valence-corrected chi connectivity index (χ3v) is 2.77. The van der Waals surface area contributed by atoms with Gasteiger partial charge in [-0.05, 0) is 23.8 Å². The first kappa shape index (κ1) is 12.3. The highest BCUT2D eigenvalue weighted by Gasteiger charge is 2.10. The molecule has 0 fully saturated rings. The van der Waals surface area contributed by atoms with Gasteiger partial charge < -0.3 is 0 Å². The van der Waals surface area contributed by atoms with E-state index in [-0.39, 0.29) is 10.6 Å². The number of hydrogen-bond donors (Lipinski definition) is 0. The molecule has 1 aromatic carbocycles. The maximum atomic E-state index is 13.1. The highest BCUT2D eigenvalue weighted by atomic mass is 35.5. The zero-order valence-corrected chi connectivity index (χ0v) is 10.0. The summed E-state index contributed by atoms with van der Waals surface area (Å²) in [4.78, 5) is 3.93. The molecule has 0 N–H and O–H groups in total. The molecular weight excluding hydrogens is 251 g/mol. The lowest BCUT2D eigenvalue weighted by molar-refractivity contribution is 0.627. The van der Waals surface area contributed by atoms with Crippen molar-refractivity contribution in [3.8, 4) is 6.07 Å². The third kappa shape index (κ3) is 2.55. The standard InChI is InChI=1S/C14H8ClFN2/c15-14(10-3-1-5-12(16)7-10)13(8-17)11-4-2-6-18-9-11/h1-7,9H/b14-13+. The Hall–Kier alpha value is -2.18. The fourth-order valence-electron chi connectivity index (χ4n) is 1.52. The summed E-state index contributed by atoms with van der Waals surface area (Å²) in [6.07, 6.45) is 3.15. The molecule has 0 aliphatic heterocycles. The lowest BCUT2D eigenvalue weighted by Crippen LogP contribution is -1.88. The van der Waals surface area contributed by atoms with Crippen molar-refractivity contribution in [3.05, 3.63) is 65.7 Å². The zero-order valence-electron chi connectivity index (χ0n) is 9.27. The van der Waals surface area contributed by atoms with Crippen molar-refractivity contribution in [2.24, 2.45) is 0 Å². The largest absolute Gasteiger partial charge is 0.264 e. The monoisotopic (exact) mass is 258 g/mol. The quantitative estimate of drug-likeness (QED) is 0.767. The van der Waals surface area contributed by atoms with Gasteiger partial charge in [-0.3, -0.25) is 4.98 Å². The number of benzene rings is 1. The smallest absolute Gasteiger partial charge is 0.123 e. The summed E-state index contributed by atoms with van der Waals surface area (Å²) >= 11 is 6.14. The summed E-state index contributed by atoms with van der Waals surface area (Å²) in [7, 11) is 0. The Kier molecular flexibility index (Phi) is 3.71. The number of nitrogens with zero attached hydrogens (tertiary/aromatic N) is 2. The predicted molar refractivity (Wildman–Crippen MR) is 68.9 cm³/mol. The normalized spacial score (nSPS) is 11.6. The molecule has 2 aromatic rings. The summed E-state index contributed by atoms with van der Waals surface area (Å²) in [5.74, 6) is -0.394.